The second-order valence-electron chi connectivity index (χ2n) is 4.79. The maximum absolute atomic E-state index is 12.2. The third kappa shape index (κ3) is 4.19. The number of amides is 1. The Hall–Kier alpha value is -1.11. The molecule has 1 amide bonds. The van der Waals surface area contributed by atoms with E-state index in [0.717, 1.165) is 32.2 Å². The first-order valence-electron chi connectivity index (χ1n) is 6.29. The number of nitrogens with one attached hydrogen (secondary N) is 2. The lowest BCUT2D eigenvalue weighted by Gasteiger charge is -2.24. The molecule has 0 unspecified atom stereocenters. The van der Waals surface area contributed by atoms with Gasteiger partial charge in [0.25, 0.3) is 5.91 Å². The standard InChI is InChI=1S/C13H18N2O3S.ClH/c1-19(17,18)12-7-3-2-6-11(12)13(16)15-10-5-4-8-14-9-10;/h2-3,6-7,10,14H,4-5,8-9H2,1H3,(H,15,16);1H/t10-;/m0./s1. The Morgan fingerprint density at radius 2 is 2.05 bits per heavy atom. The Morgan fingerprint density at radius 3 is 2.65 bits per heavy atom. The topological polar surface area (TPSA) is 75.3 Å². The van der Waals surface area contributed by atoms with Crippen molar-refractivity contribution in [2.45, 2.75) is 23.8 Å². The summed E-state index contributed by atoms with van der Waals surface area (Å²) in [5.41, 5.74) is 0.218. The summed E-state index contributed by atoms with van der Waals surface area (Å²) in [4.78, 5) is 12.3. The monoisotopic (exact) mass is 318 g/mol. The molecule has 0 aliphatic carbocycles. The second kappa shape index (κ2) is 7.06. The normalized spacial score (nSPS) is 18.9. The first-order valence-corrected chi connectivity index (χ1v) is 8.18. The number of piperidine rings is 1. The summed E-state index contributed by atoms with van der Waals surface area (Å²) in [6.07, 6.45) is 3.04. The molecule has 0 radical (unpaired) electrons. The van der Waals surface area contributed by atoms with Gasteiger partial charge in [0.1, 0.15) is 0 Å². The zero-order chi connectivity index (χ0) is 13.9. The highest BCUT2D eigenvalue weighted by Gasteiger charge is 2.21. The van der Waals surface area contributed by atoms with Crippen LogP contribution >= 0.6 is 12.4 Å². The molecule has 112 valence electrons. The molecule has 1 aliphatic heterocycles. The van der Waals surface area contributed by atoms with Crippen LogP contribution in [0.15, 0.2) is 29.2 Å². The Kier molecular flexibility index (Phi) is 5.98. The molecule has 7 heteroatoms. The molecule has 1 aromatic rings. The van der Waals surface area contributed by atoms with Gasteiger partial charge in [-0.1, -0.05) is 12.1 Å². The number of rotatable bonds is 3. The van der Waals surface area contributed by atoms with E-state index in [1.165, 1.54) is 6.07 Å². The lowest BCUT2D eigenvalue weighted by molar-refractivity contribution is 0.0927. The van der Waals surface area contributed by atoms with E-state index < -0.39 is 9.84 Å². The van der Waals surface area contributed by atoms with Gasteiger partial charge in [-0.2, -0.15) is 0 Å². The first-order chi connectivity index (χ1) is 8.98. The number of halogens is 1. The van der Waals surface area contributed by atoms with Gasteiger partial charge in [-0.3, -0.25) is 4.79 Å². The van der Waals surface area contributed by atoms with Gasteiger partial charge in [0.15, 0.2) is 9.84 Å². The fourth-order valence-electron chi connectivity index (χ4n) is 2.22. The van der Waals surface area contributed by atoms with E-state index in [2.05, 4.69) is 10.6 Å². The molecule has 1 fully saturated rings. The Labute approximate surface area is 125 Å². The summed E-state index contributed by atoms with van der Waals surface area (Å²) in [5, 5.41) is 6.09. The maximum Gasteiger partial charge on any atom is 0.252 e. The van der Waals surface area contributed by atoms with Gasteiger partial charge < -0.3 is 10.6 Å². The summed E-state index contributed by atoms with van der Waals surface area (Å²) >= 11 is 0. The van der Waals surface area contributed by atoms with E-state index in [-0.39, 0.29) is 34.8 Å². The van der Waals surface area contributed by atoms with Gasteiger partial charge in [0, 0.05) is 18.8 Å². The molecule has 2 rings (SSSR count). The van der Waals surface area contributed by atoms with Crippen molar-refractivity contribution in [3.05, 3.63) is 29.8 Å². The molecule has 1 heterocycles. The van der Waals surface area contributed by atoms with E-state index in [1.54, 1.807) is 18.2 Å². The molecule has 2 N–H and O–H groups in total. The molecule has 0 spiro atoms. The second-order valence-corrected chi connectivity index (χ2v) is 6.77. The zero-order valence-corrected chi connectivity index (χ0v) is 12.9. The molecule has 0 bridgehead atoms. The number of sulfone groups is 1. The smallest absolute Gasteiger partial charge is 0.252 e. The van der Waals surface area contributed by atoms with Gasteiger partial charge >= 0.3 is 0 Å². The van der Waals surface area contributed by atoms with E-state index in [9.17, 15) is 13.2 Å². The van der Waals surface area contributed by atoms with Crippen LogP contribution in [0.3, 0.4) is 0 Å². The molecule has 1 aromatic carbocycles. The summed E-state index contributed by atoms with van der Waals surface area (Å²) in [6, 6.07) is 6.36. The van der Waals surface area contributed by atoms with Crippen molar-refractivity contribution < 1.29 is 13.2 Å². The molecule has 1 atom stereocenters. The molecular weight excluding hydrogens is 300 g/mol. The third-order valence-corrected chi connectivity index (χ3v) is 4.32. The minimum absolute atomic E-state index is 0. The predicted molar refractivity (Wildman–Crippen MR) is 80.2 cm³/mol. The minimum atomic E-state index is -3.40. The molecule has 1 saturated heterocycles. The number of benzene rings is 1. The molecule has 0 saturated carbocycles. The molecule has 0 aromatic heterocycles. The summed E-state index contributed by atoms with van der Waals surface area (Å²) in [5.74, 6) is -0.324. The lowest BCUT2D eigenvalue weighted by atomic mass is 10.1. The number of carbonyl (C=O) groups is 1. The fraction of sp³-hybridized carbons (Fsp3) is 0.462. The van der Waals surface area contributed by atoms with Crippen molar-refractivity contribution >= 4 is 28.2 Å². The van der Waals surface area contributed by atoms with Crippen LogP contribution in [0, 0.1) is 0 Å². The summed E-state index contributed by atoms with van der Waals surface area (Å²) in [6.45, 7) is 1.69. The van der Waals surface area contributed by atoms with Crippen LogP contribution in [0.4, 0.5) is 0 Å². The predicted octanol–water partition coefficient (Wildman–Crippen LogP) is 0.994. The fourth-order valence-corrected chi connectivity index (χ4v) is 3.10. The Morgan fingerprint density at radius 1 is 1.35 bits per heavy atom. The first kappa shape index (κ1) is 16.9. The van der Waals surface area contributed by atoms with Crippen molar-refractivity contribution in [2.24, 2.45) is 0 Å². The van der Waals surface area contributed by atoms with Crippen LogP contribution in [0.5, 0.6) is 0 Å². The van der Waals surface area contributed by atoms with Crippen molar-refractivity contribution in [2.75, 3.05) is 19.3 Å². The van der Waals surface area contributed by atoms with Crippen LogP contribution in [0.2, 0.25) is 0 Å². The van der Waals surface area contributed by atoms with E-state index in [4.69, 9.17) is 0 Å². The van der Waals surface area contributed by atoms with Crippen LogP contribution in [-0.2, 0) is 9.84 Å². The Bertz CT molecular complexity index is 569. The van der Waals surface area contributed by atoms with E-state index in [0.29, 0.717) is 0 Å². The van der Waals surface area contributed by atoms with E-state index in [1.807, 2.05) is 0 Å². The van der Waals surface area contributed by atoms with Crippen molar-refractivity contribution in [3.8, 4) is 0 Å². The molecule has 1 aliphatic rings. The molecule has 20 heavy (non-hydrogen) atoms. The summed E-state index contributed by atoms with van der Waals surface area (Å²) in [7, 11) is -3.40. The van der Waals surface area contributed by atoms with Crippen LogP contribution < -0.4 is 10.6 Å². The van der Waals surface area contributed by atoms with Gasteiger partial charge in [-0.05, 0) is 31.5 Å². The van der Waals surface area contributed by atoms with Crippen molar-refractivity contribution in [1.82, 2.24) is 10.6 Å². The average molecular weight is 319 g/mol. The van der Waals surface area contributed by atoms with Crippen LogP contribution in [0.1, 0.15) is 23.2 Å². The van der Waals surface area contributed by atoms with Gasteiger partial charge in [-0.15, -0.1) is 12.4 Å². The van der Waals surface area contributed by atoms with Gasteiger partial charge in [0.2, 0.25) is 0 Å². The quantitative estimate of drug-likeness (QED) is 0.871. The number of hydrogen-bond donors (Lipinski definition) is 2. The molecular formula is C13H19ClN2O3S. The maximum atomic E-state index is 12.2. The highest BCUT2D eigenvalue weighted by molar-refractivity contribution is 7.90. The average Bonchev–Trinajstić information content (AvgIpc) is 2.39. The highest BCUT2D eigenvalue weighted by Crippen LogP contribution is 2.15. The minimum Gasteiger partial charge on any atom is -0.348 e. The van der Waals surface area contributed by atoms with Crippen molar-refractivity contribution in [3.63, 3.8) is 0 Å². The SMILES string of the molecule is CS(=O)(=O)c1ccccc1C(=O)N[C@H]1CCCNC1.Cl. The van der Waals surface area contributed by atoms with Crippen molar-refractivity contribution in [1.29, 1.82) is 0 Å². The number of carbonyl (C=O) groups excluding carboxylic acids is 1. The number of hydrogen-bond acceptors (Lipinski definition) is 4. The third-order valence-electron chi connectivity index (χ3n) is 3.16. The summed E-state index contributed by atoms with van der Waals surface area (Å²) < 4.78 is 23.3. The van der Waals surface area contributed by atoms with Crippen LogP contribution in [-0.4, -0.2) is 39.7 Å². The zero-order valence-electron chi connectivity index (χ0n) is 11.3. The van der Waals surface area contributed by atoms with Gasteiger partial charge in [0.05, 0.1) is 10.5 Å². The lowest BCUT2D eigenvalue weighted by Crippen LogP contribution is -2.45. The van der Waals surface area contributed by atoms with Crippen LogP contribution in [0.25, 0.3) is 0 Å². The van der Waals surface area contributed by atoms with E-state index >= 15 is 0 Å². The largest absolute Gasteiger partial charge is 0.348 e. The molecule has 5 nitrogen and oxygen atoms in total. The highest BCUT2D eigenvalue weighted by atomic mass is 35.5. The van der Waals surface area contributed by atoms with Gasteiger partial charge in [-0.25, -0.2) is 8.42 Å². The Balaban J connectivity index is 0.00000200.